The van der Waals surface area contributed by atoms with Gasteiger partial charge in [-0.05, 0) is 35.6 Å². The molecule has 0 aliphatic rings. The van der Waals surface area contributed by atoms with Crippen molar-refractivity contribution in [2.24, 2.45) is 11.7 Å². The third kappa shape index (κ3) is 5.24. The van der Waals surface area contributed by atoms with Gasteiger partial charge in [0.05, 0.1) is 6.10 Å². The lowest BCUT2D eigenvalue weighted by Gasteiger charge is -2.25. The molecule has 0 aliphatic heterocycles. The third-order valence-electron chi connectivity index (χ3n) is 4.23. The maximum absolute atomic E-state index is 11.8. The van der Waals surface area contributed by atoms with Crippen LogP contribution in [0.4, 0.5) is 0 Å². The first kappa shape index (κ1) is 18.8. The van der Waals surface area contributed by atoms with Crippen molar-refractivity contribution < 1.29 is 14.7 Å². The molecule has 25 heavy (non-hydrogen) atoms. The van der Waals surface area contributed by atoms with Crippen molar-refractivity contribution >= 4 is 11.8 Å². The van der Waals surface area contributed by atoms with Gasteiger partial charge in [0.25, 0.3) is 5.91 Å². The number of imide groups is 1. The molecule has 1 unspecified atom stereocenters. The Hall–Kier alpha value is -2.50. The summed E-state index contributed by atoms with van der Waals surface area (Å²) in [6.07, 6.45) is -0.0449. The van der Waals surface area contributed by atoms with E-state index in [1.165, 1.54) is 6.92 Å². The van der Waals surface area contributed by atoms with Gasteiger partial charge in [-0.2, -0.15) is 0 Å². The molecule has 2 aromatic carbocycles. The van der Waals surface area contributed by atoms with Crippen LogP contribution in [0.25, 0.3) is 0 Å². The molecular formula is C20H24N2O3. The fraction of sp³-hybridized carbons (Fsp3) is 0.300. The van der Waals surface area contributed by atoms with Gasteiger partial charge in [0, 0.05) is 18.5 Å². The Morgan fingerprint density at radius 2 is 1.68 bits per heavy atom. The van der Waals surface area contributed by atoms with Gasteiger partial charge < -0.3 is 10.8 Å². The van der Waals surface area contributed by atoms with E-state index in [2.05, 4.69) is 5.32 Å². The topological polar surface area (TPSA) is 92.4 Å². The minimum absolute atomic E-state index is 0.0482. The molecule has 0 spiro atoms. The van der Waals surface area contributed by atoms with E-state index in [1.807, 2.05) is 49.4 Å². The normalized spacial score (nSPS) is 14.4. The Kier molecular flexibility index (Phi) is 6.44. The Labute approximate surface area is 147 Å². The summed E-state index contributed by atoms with van der Waals surface area (Å²) in [6, 6.07) is 16.0. The van der Waals surface area contributed by atoms with Gasteiger partial charge in [-0.3, -0.25) is 14.9 Å². The summed E-state index contributed by atoms with van der Waals surface area (Å²) < 4.78 is 0. The number of benzene rings is 2. The van der Waals surface area contributed by atoms with Gasteiger partial charge in [-0.25, -0.2) is 0 Å². The first-order valence-corrected chi connectivity index (χ1v) is 8.28. The molecule has 2 amide bonds. The lowest BCUT2D eigenvalue weighted by molar-refractivity contribution is -0.118. The van der Waals surface area contributed by atoms with Crippen LogP contribution >= 0.6 is 0 Å². The summed E-state index contributed by atoms with van der Waals surface area (Å²) in [5.41, 5.74) is 8.47. The molecule has 3 atom stereocenters. The number of aliphatic hydroxyl groups is 1. The molecule has 0 aromatic heterocycles. The van der Waals surface area contributed by atoms with Crippen LogP contribution in [0.15, 0.2) is 54.6 Å². The number of nitrogens with two attached hydrogens (primary N) is 1. The second-order valence-corrected chi connectivity index (χ2v) is 6.32. The predicted molar refractivity (Wildman–Crippen MR) is 96.8 cm³/mol. The summed E-state index contributed by atoms with van der Waals surface area (Å²) in [5, 5.41) is 12.7. The van der Waals surface area contributed by atoms with Gasteiger partial charge in [-0.15, -0.1) is 0 Å². The van der Waals surface area contributed by atoms with Crippen LogP contribution in [-0.2, 0) is 11.2 Å². The zero-order chi connectivity index (χ0) is 18.4. The highest BCUT2D eigenvalue weighted by molar-refractivity contribution is 6.04. The van der Waals surface area contributed by atoms with Gasteiger partial charge in [0.1, 0.15) is 0 Å². The van der Waals surface area contributed by atoms with Crippen LogP contribution in [0.2, 0.25) is 0 Å². The van der Waals surface area contributed by atoms with E-state index in [0.29, 0.717) is 12.0 Å². The number of amides is 2. The number of aliphatic hydroxyl groups excluding tert-OH is 1. The van der Waals surface area contributed by atoms with E-state index in [1.54, 1.807) is 12.1 Å². The molecule has 2 rings (SSSR count). The first-order chi connectivity index (χ1) is 11.9. The molecule has 0 saturated carbocycles. The molecular weight excluding hydrogens is 316 g/mol. The summed E-state index contributed by atoms with van der Waals surface area (Å²) in [5.74, 6) is -0.751. The number of hydrogen-bond donors (Lipinski definition) is 3. The zero-order valence-electron chi connectivity index (χ0n) is 14.5. The van der Waals surface area contributed by atoms with E-state index >= 15 is 0 Å². The second kappa shape index (κ2) is 8.55. The minimum atomic E-state index is -0.725. The Bertz CT molecular complexity index is 713. The fourth-order valence-corrected chi connectivity index (χ4v) is 2.72. The lowest BCUT2D eigenvalue weighted by Crippen LogP contribution is -2.36. The van der Waals surface area contributed by atoms with Gasteiger partial charge >= 0.3 is 0 Å². The highest BCUT2D eigenvalue weighted by Gasteiger charge is 2.23. The van der Waals surface area contributed by atoms with Crippen molar-refractivity contribution in [3.05, 3.63) is 71.3 Å². The summed E-state index contributed by atoms with van der Waals surface area (Å²) in [7, 11) is 0. The van der Waals surface area contributed by atoms with Crippen molar-refractivity contribution in [1.82, 2.24) is 5.32 Å². The average molecular weight is 340 g/mol. The van der Waals surface area contributed by atoms with Crippen molar-refractivity contribution in [3.8, 4) is 0 Å². The van der Waals surface area contributed by atoms with Crippen LogP contribution in [0.5, 0.6) is 0 Å². The highest BCUT2D eigenvalue weighted by atomic mass is 16.3. The van der Waals surface area contributed by atoms with Crippen LogP contribution in [-0.4, -0.2) is 23.0 Å². The number of carbonyl (C=O) groups excluding carboxylic acids is 2. The van der Waals surface area contributed by atoms with Crippen molar-refractivity contribution in [3.63, 3.8) is 0 Å². The summed E-state index contributed by atoms with van der Waals surface area (Å²) in [6.45, 7) is 3.29. The van der Waals surface area contributed by atoms with E-state index in [0.717, 1.165) is 11.1 Å². The molecule has 0 radical (unpaired) electrons. The quantitative estimate of drug-likeness (QED) is 0.752. The predicted octanol–water partition coefficient (Wildman–Crippen LogP) is 2.20. The largest absolute Gasteiger partial charge is 0.387 e. The molecule has 0 fully saturated rings. The van der Waals surface area contributed by atoms with E-state index in [4.69, 9.17) is 5.73 Å². The molecule has 0 aliphatic carbocycles. The Balaban J connectivity index is 1.99. The van der Waals surface area contributed by atoms with Crippen molar-refractivity contribution in [1.29, 1.82) is 0 Å². The molecule has 2 aromatic rings. The number of nitrogens with one attached hydrogen (secondary N) is 1. The highest BCUT2D eigenvalue weighted by Crippen LogP contribution is 2.22. The van der Waals surface area contributed by atoms with Gasteiger partial charge in [0.2, 0.25) is 5.91 Å². The number of carbonyl (C=O) groups is 2. The van der Waals surface area contributed by atoms with Crippen molar-refractivity contribution in [2.45, 2.75) is 32.4 Å². The Morgan fingerprint density at radius 1 is 1.08 bits per heavy atom. The fourth-order valence-electron chi connectivity index (χ4n) is 2.72. The smallest absolute Gasteiger partial charge is 0.257 e. The SMILES string of the molecule is CC(=O)NC(=O)c1ccc(CC(C)[C@@H](N)[C@H](O)c2ccccc2)cc1. The third-order valence-corrected chi connectivity index (χ3v) is 4.23. The monoisotopic (exact) mass is 340 g/mol. The van der Waals surface area contributed by atoms with Crippen LogP contribution in [0, 0.1) is 5.92 Å². The summed E-state index contributed by atoms with van der Waals surface area (Å²) in [4.78, 5) is 22.7. The molecule has 132 valence electrons. The van der Waals surface area contributed by atoms with Gasteiger partial charge in [-0.1, -0.05) is 49.4 Å². The molecule has 5 nitrogen and oxygen atoms in total. The molecule has 5 heteroatoms. The standard InChI is InChI=1S/C20H24N2O3/c1-13(18(21)19(24)16-6-4-3-5-7-16)12-15-8-10-17(11-9-15)20(25)22-14(2)23/h3-11,13,18-19,24H,12,21H2,1-2H3,(H,22,23,25)/t13?,18-,19-/m1/s1. The van der Waals surface area contributed by atoms with Crippen LogP contribution in [0.3, 0.4) is 0 Å². The van der Waals surface area contributed by atoms with Crippen LogP contribution < -0.4 is 11.1 Å². The second-order valence-electron chi connectivity index (χ2n) is 6.32. The van der Waals surface area contributed by atoms with Gasteiger partial charge in [0.15, 0.2) is 0 Å². The lowest BCUT2D eigenvalue weighted by atomic mass is 9.88. The van der Waals surface area contributed by atoms with E-state index < -0.39 is 18.1 Å². The average Bonchev–Trinajstić information content (AvgIpc) is 2.61. The molecule has 0 saturated heterocycles. The van der Waals surface area contributed by atoms with E-state index in [9.17, 15) is 14.7 Å². The van der Waals surface area contributed by atoms with Crippen LogP contribution in [0.1, 0.15) is 41.4 Å². The first-order valence-electron chi connectivity index (χ1n) is 8.28. The number of rotatable bonds is 6. The Morgan fingerprint density at radius 3 is 2.24 bits per heavy atom. The molecule has 0 bridgehead atoms. The van der Waals surface area contributed by atoms with E-state index in [-0.39, 0.29) is 11.8 Å². The maximum Gasteiger partial charge on any atom is 0.257 e. The van der Waals surface area contributed by atoms with Crippen molar-refractivity contribution in [2.75, 3.05) is 0 Å². The summed E-state index contributed by atoms with van der Waals surface area (Å²) >= 11 is 0. The molecule has 4 N–H and O–H groups in total. The minimum Gasteiger partial charge on any atom is -0.387 e. The maximum atomic E-state index is 11.8. The zero-order valence-corrected chi connectivity index (χ0v) is 14.5. The number of hydrogen-bond acceptors (Lipinski definition) is 4. The molecule has 0 heterocycles.